The molecule has 1 aromatic rings. The predicted octanol–water partition coefficient (Wildman–Crippen LogP) is 0.518. The van der Waals surface area contributed by atoms with Gasteiger partial charge in [-0.05, 0) is 38.1 Å². The fourth-order valence-corrected chi connectivity index (χ4v) is 2.11. The van der Waals surface area contributed by atoms with E-state index in [1.165, 1.54) is 0 Å². The second-order valence-corrected chi connectivity index (χ2v) is 5.51. The predicted molar refractivity (Wildman–Crippen MR) is 93.2 cm³/mol. The average molecular weight is 348 g/mol. The first-order valence-corrected chi connectivity index (χ1v) is 7.81. The maximum absolute atomic E-state index is 10.7. The van der Waals surface area contributed by atoms with Gasteiger partial charge in [-0.15, -0.1) is 5.92 Å². The third-order valence-corrected chi connectivity index (χ3v) is 3.44. The Morgan fingerprint density at radius 3 is 2.52 bits per heavy atom. The van der Waals surface area contributed by atoms with Crippen molar-refractivity contribution in [2.24, 2.45) is 5.73 Å². The maximum Gasteiger partial charge on any atom is 0.329 e. The molecule has 0 spiro atoms. The third kappa shape index (κ3) is 8.74. The minimum absolute atomic E-state index is 0.0161. The zero-order valence-corrected chi connectivity index (χ0v) is 14.5. The molecule has 0 aromatic heterocycles. The van der Waals surface area contributed by atoms with Crippen LogP contribution in [0.1, 0.15) is 12.5 Å². The number of nitrogens with zero attached hydrogens (tertiary/aromatic N) is 1. The zero-order chi connectivity index (χ0) is 18.7. The Hall–Kier alpha value is -2.56. The third-order valence-electron chi connectivity index (χ3n) is 3.44. The minimum Gasteiger partial charge on any atom is -0.484 e. The number of hydrogen-bond donors (Lipinski definition) is 2. The van der Waals surface area contributed by atoms with Gasteiger partial charge < -0.3 is 20.3 Å². The molecule has 0 aliphatic heterocycles. The van der Waals surface area contributed by atoms with Gasteiger partial charge in [0, 0.05) is 6.04 Å². The summed E-state index contributed by atoms with van der Waals surface area (Å²) < 4.78 is 10.5. The van der Waals surface area contributed by atoms with E-state index >= 15 is 0 Å². The molecule has 0 aliphatic rings. The van der Waals surface area contributed by atoms with Crippen molar-refractivity contribution >= 4 is 11.9 Å². The molecule has 0 saturated carbocycles. The van der Waals surface area contributed by atoms with Gasteiger partial charge >= 0.3 is 5.97 Å². The fourth-order valence-electron chi connectivity index (χ4n) is 2.11. The number of ether oxygens (including phenoxy) is 2. The molecule has 136 valence electrons. The lowest BCUT2D eigenvalue weighted by Gasteiger charge is -2.26. The number of hydrogen-bond acceptors (Lipinski definition) is 5. The summed E-state index contributed by atoms with van der Waals surface area (Å²) in [5.41, 5.74) is 6.07. The molecule has 0 radical (unpaired) electrons. The Labute approximate surface area is 147 Å². The second kappa shape index (κ2) is 11.1. The number of carboxylic acids is 1. The summed E-state index contributed by atoms with van der Waals surface area (Å²) in [5, 5.41) is 8.71. The second-order valence-electron chi connectivity index (χ2n) is 5.51. The van der Waals surface area contributed by atoms with Crippen molar-refractivity contribution in [2.45, 2.75) is 19.4 Å². The summed E-state index contributed by atoms with van der Waals surface area (Å²) in [4.78, 5) is 23.4. The molecule has 0 heterocycles. The van der Waals surface area contributed by atoms with Gasteiger partial charge in [0.2, 0.25) is 0 Å². The van der Waals surface area contributed by atoms with Crippen molar-refractivity contribution in [3.05, 3.63) is 29.8 Å². The highest BCUT2D eigenvalue weighted by molar-refractivity contribution is 5.75. The lowest BCUT2D eigenvalue weighted by Crippen LogP contribution is -2.38. The van der Waals surface area contributed by atoms with E-state index in [-0.39, 0.29) is 25.9 Å². The van der Waals surface area contributed by atoms with Gasteiger partial charge in [0.05, 0.1) is 13.2 Å². The number of rotatable bonds is 11. The van der Waals surface area contributed by atoms with Gasteiger partial charge in [0.15, 0.2) is 6.61 Å². The number of amides is 1. The normalized spacial score (nSPS) is 11.5. The topological polar surface area (TPSA) is 102 Å². The number of primary amides is 1. The van der Waals surface area contributed by atoms with Crippen LogP contribution in [0.3, 0.4) is 0 Å². The molecule has 0 aliphatic carbocycles. The first kappa shape index (κ1) is 20.5. The number of carboxylic acid groups (broad SMARTS) is 1. The number of nitrogens with two attached hydrogens (primary N) is 1. The quantitative estimate of drug-likeness (QED) is 0.565. The fraction of sp³-hybridized carbons (Fsp3) is 0.444. The highest BCUT2D eigenvalue weighted by atomic mass is 16.5. The Bertz CT molecular complexity index is 619. The molecule has 3 N–H and O–H groups in total. The van der Waals surface area contributed by atoms with Crippen molar-refractivity contribution in [1.82, 2.24) is 4.90 Å². The number of aliphatic carboxylic acids is 1. The van der Waals surface area contributed by atoms with Gasteiger partial charge in [-0.2, -0.15) is 0 Å². The Morgan fingerprint density at radius 2 is 1.96 bits per heavy atom. The number of carbonyl (C=O) groups excluding carboxylic acids is 1. The van der Waals surface area contributed by atoms with Crippen LogP contribution in [0.2, 0.25) is 0 Å². The van der Waals surface area contributed by atoms with Crippen molar-refractivity contribution in [2.75, 3.05) is 33.4 Å². The van der Waals surface area contributed by atoms with E-state index in [0.717, 1.165) is 5.56 Å². The average Bonchev–Trinajstić information content (AvgIpc) is 2.57. The van der Waals surface area contributed by atoms with Gasteiger partial charge in [0.1, 0.15) is 12.4 Å². The molecule has 0 saturated heterocycles. The van der Waals surface area contributed by atoms with E-state index in [2.05, 4.69) is 11.8 Å². The molecule has 7 heteroatoms. The van der Waals surface area contributed by atoms with E-state index in [9.17, 15) is 9.59 Å². The van der Waals surface area contributed by atoms with Crippen LogP contribution in [0.15, 0.2) is 24.3 Å². The summed E-state index contributed by atoms with van der Waals surface area (Å²) in [6, 6.07) is 7.29. The van der Waals surface area contributed by atoms with Crippen molar-refractivity contribution < 1.29 is 24.2 Å². The first-order valence-electron chi connectivity index (χ1n) is 7.81. The van der Waals surface area contributed by atoms with Crippen LogP contribution in [0.5, 0.6) is 5.75 Å². The van der Waals surface area contributed by atoms with E-state index in [1.54, 1.807) is 19.1 Å². The summed E-state index contributed by atoms with van der Waals surface area (Å²) in [7, 11) is 1.92. The largest absolute Gasteiger partial charge is 0.484 e. The Morgan fingerprint density at radius 1 is 1.28 bits per heavy atom. The lowest BCUT2D eigenvalue weighted by molar-refractivity contribution is -0.142. The molecular formula is C18H24N2O5. The smallest absolute Gasteiger partial charge is 0.329 e. The van der Waals surface area contributed by atoms with E-state index in [1.807, 2.05) is 24.1 Å². The maximum atomic E-state index is 10.7. The monoisotopic (exact) mass is 348 g/mol. The van der Waals surface area contributed by atoms with Crippen LogP contribution in [0, 0.1) is 11.8 Å². The molecule has 0 fully saturated rings. The van der Waals surface area contributed by atoms with E-state index in [0.29, 0.717) is 18.7 Å². The summed E-state index contributed by atoms with van der Waals surface area (Å²) >= 11 is 0. The van der Waals surface area contributed by atoms with Crippen LogP contribution in [-0.4, -0.2) is 61.3 Å². The molecule has 1 amide bonds. The highest BCUT2D eigenvalue weighted by Crippen LogP contribution is 2.15. The molecule has 25 heavy (non-hydrogen) atoms. The molecular weight excluding hydrogens is 324 g/mol. The Kier molecular flexibility index (Phi) is 9.07. The van der Waals surface area contributed by atoms with E-state index < -0.39 is 11.9 Å². The van der Waals surface area contributed by atoms with Crippen molar-refractivity contribution in [3.8, 4) is 17.6 Å². The van der Waals surface area contributed by atoms with Gasteiger partial charge in [0.25, 0.3) is 5.91 Å². The molecule has 7 nitrogen and oxygen atoms in total. The number of benzene rings is 1. The number of carbonyl (C=O) groups is 2. The van der Waals surface area contributed by atoms with Crippen LogP contribution >= 0.6 is 0 Å². The summed E-state index contributed by atoms with van der Waals surface area (Å²) in [6.45, 7) is 2.13. The Balaban J connectivity index is 2.68. The number of likely N-dealkylation sites (N-methyl/N-ethyl adjacent to an activating group) is 1. The van der Waals surface area contributed by atoms with Crippen LogP contribution in [0.25, 0.3) is 0 Å². The standard InChI is InChI=1S/C18H24N2O5/c1-3-4-9-20(2)15(11-24-13-18(22)23)10-14-5-7-16(8-6-14)25-12-17(19)21/h5-8,15H,9-13H2,1-2H3,(H2,19,21)(H,22,23)/t15-/m0/s1. The van der Waals surface area contributed by atoms with Crippen LogP contribution < -0.4 is 10.5 Å². The molecule has 0 bridgehead atoms. The molecule has 0 unspecified atom stereocenters. The van der Waals surface area contributed by atoms with Gasteiger partial charge in [-0.1, -0.05) is 18.1 Å². The first-order chi connectivity index (χ1) is 11.9. The lowest BCUT2D eigenvalue weighted by atomic mass is 10.1. The van der Waals surface area contributed by atoms with E-state index in [4.69, 9.17) is 20.3 Å². The van der Waals surface area contributed by atoms with Gasteiger partial charge in [-0.3, -0.25) is 9.69 Å². The summed E-state index contributed by atoms with van der Waals surface area (Å²) in [5.74, 6) is 4.87. The summed E-state index contributed by atoms with van der Waals surface area (Å²) in [6.07, 6.45) is 0.664. The molecule has 1 rings (SSSR count). The highest BCUT2D eigenvalue weighted by Gasteiger charge is 2.16. The van der Waals surface area contributed by atoms with Gasteiger partial charge in [-0.25, -0.2) is 4.79 Å². The SMILES string of the molecule is CC#CCN(C)[C@H](COCC(=O)O)Cc1ccc(OCC(N)=O)cc1. The molecule has 1 atom stereocenters. The van der Waals surface area contributed by atoms with Crippen molar-refractivity contribution in [1.29, 1.82) is 0 Å². The van der Waals surface area contributed by atoms with Crippen LogP contribution in [0.4, 0.5) is 0 Å². The molecule has 1 aromatic carbocycles. The minimum atomic E-state index is -0.995. The van der Waals surface area contributed by atoms with Crippen molar-refractivity contribution in [3.63, 3.8) is 0 Å². The zero-order valence-electron chi connectivity index (χ0n) is 14.5. The van der Waals surface area contributed by atoms with Crippen LogP contribution in [-0.2, 0) is 20.7 Å².